The molecule has 0 aliphatic heterocycles. The molecule has 0 aromatic rings. The minimum Gasteiger partial charge on any atom is -0.463 e. The number of ether oxygens (including phenoxy) is 1. The van der Waals surface area contributed by atoms with E-state index in [9.17, 15) is 4.79 Å². The Labute approximate surface area is 139 Å². The highest BCUT2D eigenvalue weighted by atomic mass is 16.5. The van der Waals surface area contributed by atoms with Crippen LogP contribution in [-0.2, 0) is 9.53 Å². The van der Waals surface area contributed by atoms with Gasteiger partial charge >= 0.3 is 5.97 Å². The van der Waals surface area contributed by atoms with E-state index < -0.39 is 0 Å². The van der Waals surface area contributed by atoms with Gasteiger partial charge in [0.1, 0.15) is 0 Å². The molecule has 1 atom stereocenters. The Kier molecular flexibility index (Phi) is 16.4. The molecule has 0 saturated carbocycles. The topological polar surface area (TPSA) is 26.3 Å². The Morgan fingerprint density at radius 3 is 1.73 bits per heavy atom. The van der Waals surface area contributed by atoms with Crippen molar-refractivity contribution < 1.29 is 9.53 Å². The van der Waals surface area contributed by atoms with Gasteiger partial charge in [0.15, 0.2) is 0 Å². The number of hydrogen-bond donors (Lipinski definition) is 0. The Bertz CT molecular complexity index is 238. The molecule has 0 bridgehead atoms. The molecule has 0 heterocycles. The monoisotopic (exact) mass is 312 g/mol. The first-order valence-corrected chi connectivity index (χ1v) is 9.90. The second kappa shape index (κ2) is 16.8. The van der Waals surface area contributed by atoms with Gasteiger partial charge in [-0.05, 0) is 26.2 Å². The predicted molar refractivity (Wildman–Crippen MR) is 96.2 cm³/mol. The second-order valence-electron chi connectivity index (χ2n) is 6.73. The maximum atomic E-state index is 11.7. The van der Waals surface area contributed by atoms with E-state index in [0.29, 0.717) is 6.42 Å². The summed E-state index contributed by atoms with van der Waals surface area (Å²) in [6.45, 7) is 6.50. The van der Waals surface area contributed by atoms with Crippen LogP contribution in [0.1, 0.15) is 117 Å². The van der Waals surface area contributed by atoms with E-state index in [-0.39, 0.29) is 12.1 Å². The van der Waals surface area contributed by atoms with Crippen molar-refractivity contribution >= 4 is 5.97 Å². The SMILES string of the molecule is CCCCCCCCCCCC(=O)O[C@@H](C)CCCCCC. The molecular formula is C20H40O2. The Hall–Kier alpha value is -0.530. The third-order valence-corrected chi connectivity index (χ3v) is 4.28. The zero-order chi connectivity index (χ0) is 16.5. The molecule has 22 heavy (non-hydrogen) atoms. The standard InChI is InChI=1S/C20H40O2/c1-4-6-8-10-11-12-13-14-16-18-20(21)22-19(3)17-15-9-7-5-2/h19H,4-18H2,1-3H3/t19-/m0/s1. The molecule has 0 N–H and O–H groups in total. The molecule has 0 aliphatic carbocycles. The molecule has 0 unspecified atom stereocenters. The predicted octanol–water partition coefficient (Wildman–Crippen LogP) is 6.81. The number of unbranched alkanes of at least 4 members (excludes halogenated alkanes) is 11. The van der Waals surface area contributed by atoms with Gasteiger partial charge in [0.05, 0.1) is 6.10 Å². The quantitative estimate of drug-likeness (QED) is 0.231. The fraction of sp³-hybridized carbons (Fsp3) is 0.950. The van der Waals surface area contributed by atoms with Crippen LogP contribution in [0.4, 0.5) is 0 Å². The lowest BCUT2D eigenvalue weighted by molar-refractivity contribution is -0.148. The van der Waals surface area contributed by atoms with Gasteiger partial charge in [-0.3, -0.25) is 4.79 Å². The summed E-state index contributed by atoms with van der Waals surface area (Å²) in [6, 6.07) is 0. The second-order valence-corrected chi connectivity index (χ2v) is 6.73. The van der Waals surface area contributed by atoms with Crippen molar-refractivity contribution in [2.75, 3.05) is 0 Å². The van der Waals surface area contributed by atoms with Gasteiger partial charge in [-0.1, -0.05) is 84.5 Å². The van der Waals surface area contributed by atoms with E-state index >= 15 is 0 Å². The van der Waals surface area contributed by atoms with Crippen molar-refractivity contribution in [1.29, 1.82) is 0 Å². The van der Waals surface area contributed by atoms with E-state index in [1.165, 1.54) is 77.0 Å². The van der Waals surface area contributed by atoms with Gasteiger partial charge in [0.25, 0.3) is 0 Å². The van der Waals surface area contributed by atoms with Crippen molar-refractivity contribution in [3.05, 3.63) is 0 Å². The lowest BCUT2D eigenvalue weighted by Gasteiger charge is -2.13. The van der Waals surface area contributed by atoms with Gasteiger partial charge in [0.2, 0.25) is 0 Å². The van der Waals surface area contributed by atoms with Crippen molar-refractivity contribution in [2.45, 2.75) is 123 Å². The summed E-state index contributed by atoms with van der Waals surface area (Å²) in [5.74, 6) is 0.00550. The Balaban J connectivity index is 3.31. The van der Waals surface area contributed by atoms with Crippen LogP contribution in [0, 0.1) is 0 Å². The number of carbonyl (C=O) groups is 1. The summed E-state index contributed by atoms with van der Waals surface area (Å²) in [6.07, 6.45) is 18.3. The molecule has 0 spiro atoms. The normalized spacial score (nSPS) is 12.3. The number of esters is 1. The van der Waals surface area contributed by atoms with Crippen LogP contribution >= 0.6 is 0 Å². The van der Waals surface area contributed by atoms with Crippen LogP contribution < -0.4 is 0 Å². The van der Waals surface area contributed by atoms with Gasteiger partial charge in [-0.15, -0.1) is 0 Å². The molecule has 0 aromatic carbocycles. The van der Waals surface area contributed by atoms with Crippen molar-refractivity contribution in [3.8, 4) is 0 Å². The van der Waals surface area contributed by atoms with Crippen LogP contribution in [0.3, 0.4) is 0 Å². The van der Waals surface area contributed by atoms with Crippen molar-refractivity contribution in [3.63, 3.8) is 0 Å². The van der Waals surface area contributed by atoms with E-state index in [1.54, 1.807) is 0 Å². The van der Waals surface area contributed by atoms with Gasteiger partial charge in [0, 0.05) is 6.42 Å². The molecule has 0 radical (unpaired) electrons. The molecule has 0 aliphatic rings. The average Bonchev–Trinajstić information content (AvgIpc) is 2.50. The van der Waals surface area contributed by atoms with Crippen LogP contribution in [0.5, 0.6) is 0 Å². The minimum absolute atomic E-state index is 0.00550. The third kappa shape index (κ3) is 15.9. The lowest BCUT2D eigenvalue weighted by atomic mass is 10.1. The number of rotatable bonds is 16. The first-order valence-electron chi connectivity index (χ1n) is 9.90. The molecule has 0 rings (SSSR count). The molecule has 2 heteroatoms. The summed E-state index contributed by atoms with van der Waals surface area (Å²) in [4.78, 5) is 11.7. The first kappa shape index (κ1) is 21.5. The largest absolute Gasteiger partial charge is 0.463 e. The Morgan fingerprint density at radius 1 is 0.727 bits per heavy atom. The molecule has 2 nitrogen and oxygen atoms in total. The summed E-state index contributed by atoms with van der Waals surface area (Å²) in [5, 5.41) is 0. The van der Waals surface area contributed by atoms with Gasteiger partial charge < -0.3 is 4.74 Å². The van der Waals surface area contributed by atoms with E-state index in [0.717, 1.165) is 12.8 Å². The average molecular weight is 313 g/mol. The van der Waals surface area contributed by atoms with Gasteiger partial charge in [-0.25, -0.2) is 0 Å². The van der Waals surface area contributed by atoms with Crippen LogP contribution in [0.15, 0.2) is 0 Å². The van der Waals surface area contributed by atoms with Crippen LogP contribution in [0.25, 0.3) is 0 Å². The van der Waals surface area contributed by atoms with E-state index in [1.807, 2.05) is 6.92 Å². The molecule has 0 amide bonds. The molecule has 132 valence electrons. The van der Waals surface area contributed by atoms with Gasteiger partial charge in [-0.2, -0.15) is 0 Å². The maximum absolute atomic E-state index is 11.7. The fourth-order valence-corrected chi connectivity index (χ4v) is 2.78. The fourth-order valence-electron chi connectivity index (χ4n) is 2.78. The van der Waals surface area contributed by atoms with E-state index in [4.69, 9.17) is 4.74 Å². The first-order chi connectivity index (χ1) is 10.7. The smallest absolute Gasteiger partial charge is 0.306 e. The zero-order valence-electron chi connectivity index (χ0n) is 15.5. The highest BCUT2D eigenvalue weighted by Gasteiger charge is 2.08. The summed E-state index contributed by atoms with van der Waals surface area (Å²) < 4.78 is 5.46. The van der Waals surface area contributed by atoms with E-state index in [2.05, 4.69) is 13.8 Å². The summed E-state index contributed by atoms with van der Waals surface area (Å²) in [5.41, 5.74) is 0. The maximum Gasteiger partial charge on any atom is 0.306 e. The molecular weight excluding hydrogens is 272 g/mol. The minimum atomic E-state index is 0.00550. The molecule has 0 aromatic heterocycles. The van der Waals surface area contributed by atoms with Crippen LogP contribution in [-0.4, -0.2) is 12.1 Å². The summed E-state index contributed by atoms with van der Waals surface area (Å²) in [7, 11) is 0. The number of hydrogen-bond acceptors (Lipinski definition) is 2. The number of carbonyl (C=O) groups excluding carboxylic acids is 1. The Morgan fingerprint density at radius 2 is 1.18 bits per heavy atom. The molecule has 0 fully saturated rings. The van der Waals surface area contributed by atoms with Crippen molar-refractivity contribution in [2.24, 2.45) is 0 Å². The summed E-state index contributed by atoms with van der Waals surface area (Å²) >= 11 is 0. The zero-order valence-corrected chi connectivity index (χ0v) is 15.5. The lowest BCUT2D eigenvalue weighted by Crippen LogP contribution is -2.14. The van der Waals surface area contributed by atoms with Crippen molar-refractivity contribution in [1.82, 2.24) is 0 Å². The molecule has 0 saturated heterocycles. The highest BCUT2D eigenvalue weighted by Crippen LogP contribution is 2.12. The highest BCUT2D eigenvalue weighted by molar-refractivity contribution is 5.69. The third-order valence-electron chi connectivity index (χ3n) is 4.28. The van der Waals surface area contributed by atoms with Crippen LogP contribution in [0.2, 0.25) is 0 Å².